The lowest BCUT2D eigenvalue weighted by molar-refractivity contribution is 0.0471. The van der Waals surface area contributed by atoms with E-state index < -0.39 is 24.3 Å². The summed E-state index contributed by atoms with van der Waals surface area (Å²) in [7, 11) is 1.61. The highest BCUT2D eigenvalue weighted by atomic mass is 16.5. The number of hydrogen-bond donors (Lipinski definition) is 1. The number of rotatable bonds is 8. The van der Waals surface area contributed by atoms with E-state index in [9.17, 15) is 19.2 Å². The van der Waals surface area contributed by atoms with E-state index in [-0.39, 0.29) is 34.9 Å². The Balaban J connectivity index is 1.76. The summed E-state index contributed by atoms with van der Waals surface area (Å²) in [4.78, 5) is 55.0. The van der Waals surface area contributed by atoms with Gasteiger partial charge >= 0.3 is 11.9 Å². The second-order valence-corrected chi connectivity index (χ2v) is 7.59. The molecule has 0 unspecified atom stereocenters. The third kappa shape index (κ3) is 5.06. The van der Waals surface area contributed by atoms with Crippen LogP contribution in [0.15, 0.2) is 54.6 Å². The Morgan fingerprint density at radius 1 is 0.853 bits per heavy atom. The molecule has 1 aromatic heterocycles. The SMILES string of the molecule is CCOC(=O)c1[nH]c(C)c(C(=O)COC(=O)c2ccccc2C(=O)N(C)c2ccccc2)c1C. The fourth-order valence-electron chi connectivity index (χ4n) is 3.65. The predicted molar refractivity (Wildman–Crippen MR) is 126 cm³/mol. The molecule has 0 aliphatic carbocycles. The zero-order valence-electron chi connectivity index (χ0n) is 19.5. The van der Waals surface area contributed by atoms with Crippen LogP contribution in [-0.2, 0) is 9.47 Å². The number of carbonyl (C=O) groups is 4. The first-order valence-corrected chi connectivity index (χ1v) is 10.7. The van der Waals surface area contributed by atoms with Gasteiger partial charge in [-0.1, -0.05) is 30.3 Å². The van der Waals surface area contributed by atoms with Gasteiger partial charge in [0.05, 0.1) is 17.7 Å². The van der Waals surface area contributed by atoms with Gasteiger partial charge in [0, 0.05) is 24.0 Å². The van der Waals surface area contributed by atoms with Crippen molar-refractivity contribution in [3.63, 3.8) is 0 Å². The highest BCUT2D eigenvalue weighted by Crippen LogP contribution is 2.21. The highest BCUT2D eigenvalue weighted by Gasteiger charge is 2.25. The van der Waals surface area contributed by atoms with E-state index in [2.05, 4.69) is 4.98 Å². The van der Waals surface area contributed by atoms with Crippen LogP contribution in [0.2, 0.25) is 0 Å². The van der Waals surface area contributed by atoms with E-state index >= 15 is 0 Å². The average Bonchev–Trinajstić information content (AvgIpc) is 3.15. The minimum absolute atomic E-state index is 0.0535. The van der Waals surface area contributed by atoms with Crippen molar-refractivity contribution in [2.24, 2.45) is 0 Å². The van der Waals surface area contributed by atoms with Gasteiger partial charge in [-0.15, -0.1) is 0 Å². The van der Waals surface area contributed by atoms with Crippen LogP contribution in [0.25, 0.3) is 0 Å². The van der Waals surface area contributed by atoms with Crippen molar-refractivity contribution in [2.45, 2.75) is 20.8 Å². The number of H-pyrrole nitrogens is 1. The van der Waals surface area contributed by atoms with Crippen molar-refractivity contribution in [2.75, 3.05) is 25.2 Å². The lowest BCUT2D eigenvalue weighted by Crippen LogP contribution is -2.28. The molecule has 3 rings (SSSR count). The van der Waals surface area contributed by atoms with Gasteiger partial charge < -0.3 is 19.4 Å². The van der Waals surface area contributed by atoms with E-state index in [1.54, 1.807) is 52.1 Å². The number of hydrogen-bond acceptors (Lipinski definition) is 6. The van der Waals surface area contributed by atoms with Gasteiger partial charge in [-0.3, -0.25) is 9.59 Å². The summed E-state index contributed by atoms with van der Waals surface area (Å²) in [5.41, 5.74) is 2.24. The van der Waals surface area contributed by atoms with Crippen LogP contribution >= 0.6 is 0 Å². The van der Waals surface area contributed by atoms with Gasteiger partial charge in [-0.05, 0) is 50.6 Å². The van der Waals surface area contributed by atoms with Crippen molar-refractivity contribution in [1.29, 1.82) is 0 Å². The summed E-state index contributed by atoms with van der Waals surface area (Å²) in [5, 5.41) is 0. The van der Waals surface area contributed by atoms with E-state index in [1.165, 1.54) is 17.0 Å². The Labute approximate surface area is 197 Å². The molecule has 0 spiro atoms. The largest absolute Gasteiger partial charge is 0.461 e. The zero-order valence-corrected chi connectivity index (χ0v) is 19.5. The maximum atomic E-state index is 13.0. The summed E-state index contributed by atoms with van der Waals surface area (Å²) in [6.45, 7) is 4.62. The fourth-order valence-corrected chi connectivity index (χ4v) is 3.65. The molecule has 8 nitrogen and oxygen atoms in total. The number of ketones is 1. The average molecular weight is 463 g/mol. The number of amides is 1. The van der Waals surface area contributed by atoms with Crippen LogP contribution in [0.4, 0.5) is 5.69 Å². The monoisotopic (exact) mass is 462 g/mol. The third-order valence-electron chi connectivity index (χ3n) is 5.36. The Hall–Kier alpha value is -4.20. The molecule has 0 aliphatic heterocycles. The number of nitrogens with one attached hydrogen (secondary N) is 1. The molecule has 0 aliphatic rings. The Morgan fingerprint density at radius 3 is 2.12 bits per heavy atom. The van der Waals surface area contributed by atoms with Crippen LogP contribution in [0.5, 0.6) is 0 Å². The van der Waals surface area contributed by atoms with Crippen molar-refractivity contribution in [1.82, 2.24) is 4.98 Å². The van der Waals surface area contributed by atoms with Crippen molar-refractivity contribution >= 4 is 29.3 Å². The number of aryl methyl sites for hydroxylation is 1. The van der Waals surface area contributed by atoms with Gasteiger partial charge in [-0.2, -0.15) is 0 Å². The smallest absolute Gasteiger partial charge is 0.355 e. The number of ether oxygens (including phenoxy) is 2. The molecule has 1 amide bonds. The lowest BCUT2D eigenvalue weighted by Gasteiger charge is -2.18. The third-order valence-corrected chi connectivity index (χ3v) is 5.36. The molecule has 0 saturated heterocycles. The van der Waals surface area contributed by atoms with Gasteiger partial charge in [0.15, 0.2) is 6.61 Å². The van der Waals surface area contributed by atoms with Gasteiger partial charge in [-0.25, -0.2) is 9.59 Å². The molecule has 0 saturated carbocycles. The number of nitrogens with zero attached hydrogens (tertiary/aromatic N) is 1. The molecule has 3 aromatic rings. The molecule has 0 atom stereocenters. The van der Waals surface area contributed by atoms with Gasteiger partial charge in [0.2, 0.25) is 5.78 Å². The molecule has 8 heteroatoms. The minimum atomic E-state index is -0.796. The summed E-state index contributed by atoms with van der Waals surface area (Å²) in [6, 6.07) is 15.3. The van der Waals surface area contributed by atoms with Crippen LogP contribution < -0.4 is 4.90 Å². The van der Waals surface area contributed by atoms with Gasteiger partial charge in [0.25, 0.3) is 5.91 Å². The number of Topliss-reactive ketones (excluding diaryl/α,β-unsaturated/α-hetero) is 1. The van der Waals surface area contributed by atoms with Crippen LogP contribution in [0.3, 0.4) is 0 Å². The molecular formula is C26H26N2O6. The summed E-state index contributed by atoms with van der Waals surface area (Å²) >= 11 is 0. The second kappa shape index (κ2) is 10.6. The summed E-state index contributed by atoms with van der Waals surface area (Å²) < 4.78 is 10.3. The normalized spacial score (nSPS) is 10.5. The molecule has 0 fully saturated rings. The Kier molecular flexibility index (Phi) is 7.63. The number of aromatic nitrogens is 1. The quantitative estimate of drug-likeness (QED) is 0.399. The summed E-state index contributed by atoms with van der Waals surface area (Å²) in [5.74, 6) is -2.22. The number of anilines is 1. The van der Waals surface area contributed by atoms with E-state index in [0.717, 1.165) is 0 Å². The lowest BCUT2D eigenvalue weighted by atomic mass is 10.1. The van der Waals surface area contributed by atoms with Crippen molar-refractivity contribution in [3.05, 3.63) is 88.2 Å². The summed E-state index contributed by atoms with van der Waals surface area (Å²) in [6.07, 6.45) is 0. The number of esters is 2. The number of para-hydroxylation sites is 1. The molecule has 1 heterocycles. The first-order chi connectivity index (χ1) is 16.3. The highest BCUT2D eigenvalue weighted by molar-refractivity contribution is 6.12. The second-order valence-electron chi connectivity index (χ2n) is 7.59. The first-order valence-electron chi connectivity index (χ1n) is 10.7. The topological polar surface area (TPSA) is 106 Å². The molecule has 0 radical (unpaired) electrons. The van der Waals surface area contributed by atoms with Gasteiger partial charge in [0.1, 0.15) is 5.69 Å². The van der Waals surface area contributed by atoms with E-state index in [1.807, 2.05) is 18.2 Å². The number of carbonyl (C=O) groups excluding carboxylic acids is 4. The molecule has 2 aromatic carbocycles. The fraction of sp³-hybridized carbons (Fsp3) is 0.231. The van der Waals surface area contributed by atoms with Crippen molar-refractivity contribution in [3.8, 4) is 0 Å². The number of aromatic amines is 1. The van der Waals surface area contributed by atoms with Crippen LogP contribution in [0.1, 0.15) is 59.7 Å². The molecule has 176 valence electrons. The van der Waals surface area contributed by atoms with E-state index in [0.29, 0.717) is 16.9 Å². The Morgan fingerprint density at radius 2 is 1.47 bits per heavy atom. The predicted octanol–water partition coefficient (Wildman–Crippen LogP) is 4.12. The van der Waals surface area contributed by atoms with E-state index in [4.69, 9.17) is 9.47 Å². The maximum absolute atomic E-state index is 13.0. The Bertz CT molecular complexity index is 1230. The maximum Gasteiger partial charge on any atom is 0.355 e. The standard InChI is InChI=1S/C26H26N2O6/c1-5-33-26(32)23-16(2)22(17(3)27-23)21(29)15-34-25(31)20-14-10-9-13-19(20)24(30)28(4)18-11-7-6-8-12-18/h6-14,27H,5,15H2,1-4H3. The minimum Gasteiger partial charge on any atom is -0.461 e. The van der Waals surface area contributed by atoms with Crippen LogP contribution in [-0.4, -0.2) is 48.9 Å². The molecular weight excluding hydrogens is 436 g/mol. The van der Waals surface area contributed by atoms with Crippen LogP contribution in [0, 0.1) is 13.8 Å². The van der Waals surface area contributed by atoms with Crippen molar-refractivity contribution < 1.29 is 28.7 Å². The molecule has 34 heavy (non-hydrogen) atoms. The first kappa shape index (κ1) is 24.4. The zero-order chi connectivity index (χ0) is 24.8. The molecule has 1 N–H and O–H groups in total. The molecule has 0 bridgehead atoms. The number of benzene rings is 2.